The molecule has 0 aromatic heterocycles. The molecule has 0 aromatic carbocycles. The summed E-state index contributed by atoms with van der Waals surface area (Å²) in [5.74, 6) is -1.71. The summed E-state index contributed by atoms with van der Waals surface area (Å²) in [6.45, 7) is 3.57. The van der Waals surface area contributed by atoms with E-state index in [1.807, 2.05) is 6.92 Å². The number of carbonyl (C=O) groups is 3. The van der Waals surface area contributed by atoms with Crippen LogP contribution in [-0.2, 0) is 14.4 Å². The van der Waals surface area contributed by atoms with Gasteiger partial charge in [-0.25, -0.2) is 0 Å². The number of nitrogens with one attached hydrogen (secondary N) is 2. The number of hydrogen-bond donors (Lipinski definition) is 3. The molecule has 0 aromatic rings. The van der Waals surface area contributed by atoms with E-state index in [1.165, 1.54) is 4.90 Å². The zero-order valence-corrected chi connectivity index (χ0v) is 10.4. The molecule has 0 bridgehead atoms. The van der Waals surface area contributed by atoms with Crippen LogP contribution >= 0.6 is 0 Å². The minimum atomic E-state index is -1.09. The van der Waals surface area contributed by atoms with Crippen LogP contribution in [0, 0.1) is 0 Å². The molecule has 7 heteroatoms. The van der Waals surface area contributed by atoms with Crippen LogP contribution < -0.4 is 10.6 Å². The van der Waals surface area contributed by atoms with Crippen molar-refractivity contribution in [1.82, 2.24) is 15.5 Å². The van der Waals surface area contributed by atoms with Crippen molar-refractivity contribution < 1.29 is 19.5 Å². The van der Waals surface area contributed by atoms with Crippen molar-refractivity contribution in [3.05, 3.63) is 0 Å². The highest BCUT2D eigenvalue weighted by Crippen LogP contribution is 2.09. The van der Waals surface area contributed by atoms with Crippen molar-refractivity contribution in [2.45, 2.75) is 25.8 Å². The molecule has 1 fully saturated rings. The Morgan fingerprint density at radius 1 is 1.56 bits per heavy atom. The lowest BCUT2D eigenvalue weighted by Crippen LogP contribution is -2.59. The van der Waals surface area contributed by atoms with Crippen LogP contribution in [0.25, 0.3) is 0 Å². The van der Waals surface area contributed by atoms with Gasteiger partial charge < -0.3 is 20.6 Å². The van der Waals surface area contributed by atoms with Crippen molar-refractivity contribution in [3.63, 3.8) is 0 Å². The normalized spacial score (nSPS) is 19.5. The third-order valence-electron chi connectivity index (χ3n) is 2.72. The van der Waals surface area contributed by atoms with Gasteiger partial charge in [0, 0.05) is 13.1 Å². The monoisotopic (exact) mass is 257 g/mol. The Labute approximate surface area is 106 Å². The third kappa shape index (κ3) is 3.99. The van der Waals surface area contributed by atoms with E-state index in [4.69, 9.17) is 5.11 Å². The number of nitrogens with zero attached hydrogens (tertiary/aromatic N) is 1. The fourth-order valence-corrected chi connectivity index (χ4v) is 1.86. The molecule has 2 amide bonds. The Morgan fingerprint density at radius 2 is 2.28 bits per heavy atom. The van der Waals surface area contributed by atoms with Crippen LogP contribution in [-0.4, -0.2) is 60.0 Å². The summed E-state index contributed by atoms with van der Waals surface area (Å²) in [6.07, 6.45) is 0.553. The van der Waals surface area contributed by atoms with Crippen LogP contribution in [0.1, 0.15) is 19.8 Å². The number of carbonyl (C=O) groups excluding carboxylic acids is 2. The second-order valence-corrected chi connectivity index (χ2v) is 4.17. The topological polar surface area (TPSA) is 98.7 Å². The predicted octanol–water partition coefficient (Wildman–Crippen LogP) is -1.21. The maximum atomic E-state index is 11.9. The lowest BCUT2D eigenvalue weighted by atomic mass is 10.1. The molecule has 1 saturated heterocycles. The number of hydrogen-bond acceptors (Lipinski definition) is 4. The van der Waals surface area contributed by atoms with Crippen LogP contribution in [0.4, 0.5) is 0 Å². The van der Waals surface area contributed by atoms with Gasteiger partial charge in [-0.2, -0.15) is 0 Å². The molecule has 1 aliphatic rings. The van der Waals surface area contributed by atoms with Gasteiger partial charge in [0.15, 0.2) is 0 Å². The van der Waals surface area contributed by atoms with E-state index in [-0.39, 0.29) is 18.9 Å². The summed E-state index contributed by atoms with van der Waals surface area (Å²) >= 11 is 0. The van der Waals surface area contributed by atoms with Crippen LogP contribution in [0.15, 0.2) is 0 Å². The number of piperazine rings is 1. The molecule has 18 heavy (non-hydrogen) atoms. The largest absolute Gasteiger partial charge is 0.481 e. The van der Waals surface area contributed by atoms with Gasteiger partial charge >= 0.3 is 5.97 Å². The van der Waals surface area contributed by atoms with Crippen molar-refractivity contribution in [1.29, 1.82) is 0 Å². The summed E-state index contributed by atoms with van der Waals surface area (Å²) in [7, 11) is 0. The van der Waals surface area contributed by atoms with Crippen LogP contribution in [0.2, 0.25) is 0 Å². The Morgan fingerprint density at radius 3 is 2.89 bits per heavy atom. The van der Waals surface area contributed by atoms with Crippen molar-refractivity contribution >= 4 is 17.8 Å². The molecular formula is C11H19N3O4. The summed E-state index contributed by atoms with van der Waals surface area (Å²) in [4.78, 5) is 35.5. The molecule has 0 aliphatic carbocycles. The molecule has 1 heterocycles. The zero-order chi connectivity index (χ0) is 13.5. The van der Waals surface area contributed by atoms with Crippen molar-refractivity contribution in [2.75, 3.05) is 26.2 Å². The van der Waals surface area contributed by atoms with Gasteiger partial charge in [0.1, 0.15) is 6.04 Å². The number of aliphatic carboxylic acids is 1. The number of carboxylic acid groups (broad SMARTS) is 1. The van der Waals surface area contributed by atoms with Crippen molar-refractivity contribution in [3.8, 4) is 0 Å². The Hall–Kier alpha value is -1.63. The number of carboxylic acids is 1. The highest BCUT2D eigenvalue weighted by atomic mass is 16.4. The zero-order valence-electron chi connectivity index (χ0n) is 10.4. The van der Waals surface area contributed by atoms with E-state index in [0.29, 0.717) is 13.1 Å². The molecule has 0 spiro atoms. The van der Waals surface area contributed by atoms with E-state index in [9.17, 15) is 14.4 Å². The molecule has 7 nitrogen and oxygen atoms in total. The van der Waals surface area contributed by atoms with Gasteiger partial charge in [-0.3, -0.25) is 14.4 Å². The fourth-order valence-electron chi connectivity index (χ4n) is 1.86. The first-order valence-corrected chi connectivity index (χ1v) is 6.06. The van der Waals surface area contributed by atoms with Gasteiger partial charge in [-0.1, -0.05) is 6.92 Å². The van der Waals surface area contributed by atoms with Crippen LogP contribution in [0.5, 0.6) is 0 Å². The average Bonchev–Trinajstić information content (AvgIpc) is 2.31. The Bertz CT molecular complexity index is 332. The lowest BCUT2D eigenvalue weighted by Gasteiger charge is -2.34. The first-order valence-electron chi connectivity index (χ1n) is 6.06. The standard InChI is InChI=1S/C11H19N3O4/c1-2-3-12-7-9(15)14-5-4-13-11(18)8(14)6-10(16)17/h8,12H,2-7H2,1H3,(H,13,18)(H,16,17). The van der Waals surface area contributed by atoms with E-state index in [2.05, 4.69) is 10.6 Å². The molecule has 3 N–H and O–H groups in total. The lowest BCUT2D eigenvalue weighted by molar-refractivity contribution is -0.148. The highest BCUT2D eigenvalue weighted by molar-refractivity contribution is 5.92. The summed E-state index contributed by atoms with van der Waals surface area (Å²) in [6, 6.07) is -0.896. The van der Waals surface area contributed by atoms with Gasteiger partial charge in [0.25, 0.3) is 0 Å². The van der Waals surface area contributed by atoms with Gasteiger partial charge in [0.05, 0.1) is 13.0 Å². The smallest absolute Gasteiger partial charge is 0.305 e. The molecule has 0 radical (unpaired) electrons. The Kier molecular flexibility index (Phi) is 5.57. The summed E-state index contributed by atoms with van der Waals surface area (Å²) < 4.78 is 0. The first kappa shape index (κ1) is 14.4. The van der Waals surface area contributed by atoms with E-state index in [0.717, 1.165) is 13.0 Å². The fraction of sp³-hybridized carbons (Fsp3) is 0.727. The van der Waals surface area contributed by atoms with E-state index >= 15 is 0 Å². The molecule has 1 unspecified atom stereocenters. The van der Waals surface area contributed by atoms with Gasteiger partial charge in [-0.05, 0) is 13.0 Å². The van der Waals surface area contributed by atoms with Crippen LogP contribution in [0.3, 0.4) is 0 Å². The maximum Gasteiger partial charge on any atom is 0.305 e. The SMILES string of the molecule is CCCNCC(=O)N1CCNC(=O)C1CC(=O)O. The third-order valence-corrected chi connectivity index (χ3v) is 2.72. The number of amides is 2. The Balaban J connectivity index is 2.60. The first-order chi connectivity index (χ1) is 8.56. The van der Waals surface area contributed by atoms with Gasteiger partial charge in [0.2, 0.25) is 11.8 Å². The molecule has 0 saturated carbocycles. The molecule has 102 valence electrons. The highest BCUT2D eigenvalue weighted by Gasteiger charge is 2.34. The molecule has 1 aliphatic heterocycles. The van der Waals surface area contributed by atoms with Crippen molar-refractivity contribution in [2.24, 2.45) is 0 Å². The van der Waals surface area contributed by atoms with E-state index in [1.54, 1.807) is 0 Å². The number of rotatable bonds is 6. The second kappa shape index (κ2) is 6.95. The molecular weight excluding hydrogens is 238 g/mol. The average molecular weight is 257 g/mol. The summed E-state index contributed by atoms with van der Waals surface area (Å²) in [5, 5.41) is 14.3. The minimum Gasteiger partial charge on any atom is -0.481 e. The predicted molar refractivity (Wildman–Crippen MR) is 63.9 cm³/mol. The van der Waals surface area contributed by atoms with Gasteiger partial charge in [-0.15, -0.1) is 0 Å². The van der Waals surface area contributed by atoms with E-state index < -0.39 is 17.9 Å². The molecule has 1 rings (SSSR count). The molecule has 1 atom stereocenters. The second-order valence-electron chi connectivity index (χ2n) is 4.17. The quantitative estimate of drug-likeness (QED) is 0.518. The summed E-state index contributed by atoms with van der Waals surface area (Å²) in [5.41, 5.74) is 0. The minimum absolute atomic E-state index is 0.136. The maximum absolute atomic E-state index is 11.9.